The quantitative estimate of drug-likeness (QED) is 0.293. The molecule has 0 fully saturated rings. The van der Waals surface area contributed by atoms with Crippen molar-refractivity contribution in [3.8, 4) is 5.75 Å². The number of rotatable bonds is 10. The van der Waals surface area contributed by atoms with Gasteiger partial charge in [-0.05, 0) is 60.5 Å². The predicted octanol–water partition coefficient (Wildman–Crippen LogP) is 5.97. The fraction of sp³-hybridized carbons (Fsp3) is 0.261. The van der Waals surface area contributed by atoms with Gasteiger partial charge in [0.1, 0.15) is 5.75 Å². The summed E-state index contributed by atoms with van der Waals surface area (Å²) in [7, 11) is -2.38. The lowest BCUT2D eigenvalue weighted by molar-refractivity contribution is 0.0594. The molecule has 0 aliphatic heterocycles. The van der Waals surface area contributed by atoms with Gasteiger partial charge in [0.05, 0.1) is 20.3 Å². The number of ether oxygens (including phenoxy) is 1. The number of hydrogen-bond acceptors (Lipinski definition) is 6. The maximum atomic E-state index is 13.4. The van der Waals surface area contributed by atoms with Gasteiger partial charge in [-0.3, -0.25) is 18.4 Å². The van der Waals surface area contributed by atoms with Crippen molar-refractivity contribution < 1.29 is 27.7 Å². The summed E-state index contributed by atoms with van der Waals surface area (Å²) in [6.07, 6.45) is -1.16. The van der Waals surface area contributed by atoms with E-state index in [2.05, 4.69) is 0 Å². The highest BCUT2D eigenvalue weighted by Crippen LogP contribution is 2.53. The van der Waals surface area contributed by atoms with Crippen LogP contribution in [0.4, 0.5) is 0 Å². The minimum absolute atomic E-state index is 0.123. The third-order valence-electron chi connectivity index (χ3n) is 4.50. The smallest absolute Gasteiger partial charge is 0.475 e. The van der Waals surface area contributed by atoms with Crippen LogP contribution in [0.2, 0.25) is 0 Å². The zero-order chi connectivity index (χ0) is 21.6. The number of carbonyl (C=O) groups is 1. The molecule has 3 aromatic carbocycles. The number of fused-ring (bicyclic) bond motifs is 1. The topological polar surface area (TPSA) is 71.1 Å². The van der Waals surface area contributed by atoms with Crippen molar-refractivity contribution in [1.29, 1.82) is 0 Å². The number of ketones is 1. The standard InChI is InChI=1S/C23H25O6P/c1-4-27-30(25,28-5-2)29-23(22(24)18-12-14-21(26-3)15-13-18)20-11-10-17-8-6-7-9-19(17)16-20/h6-16,23H,4-5H2,1-3H3. The lowest BCUT2D eigenvalue weighted by atomic mass is 9.97. The zero-order valence-corrected chi connectivity index (χ0v) is 18.1. The monoisotopic (exact) mass is 428 g/mol. The molecule has 0 aromatic heterocycles. The van der Waals surface area contributed by atoms with E-state index in [4.69, 9.17) is 18.3 Å². The Morgan fingerprint density at radius 2 is 1.53 bits per heavy atom. The third-order valence-corrected chi connectivity index (χ3v) is 6.12. The lowest BCUT2D eigenvalue weighted by Gasteiger charge is -2.23. The average Bonchev–Trinajstić information content (AvgIpc) is 2.77. The van der Waals surface area contributed by atoms with Crippen LogP contribution in [-0.2, 0) is 18.1 Å². The van der Waals surface area contributed by atoms with Crippen molar-refractivity contribution in [3.63, 3.8) is 0 Å². The molecule has 0 saturated carbocycles. The normalized spacial score (nSPS) is 12.6. The molecule has 0 amide bonds. The van der Waals surface area contributed by atoms with E-state index in [1.54, 1.807) is 51.3 Å². The molecule has 0 N–H and O–H groups in total. The molecule has 3 rings (SSSR count). The van der Waals surface area contributed by atoms with Crippen LogP contribution < -0.4 is 4.74 Å². The van der Waals surface area contributed by atoms with Crippen molar-refractivity contribution in [2.45, 2.75) is 20.0 Å². The molecule has 0 aliphatic rings. The second kappa shape index (κ2) is 10.0. The average molecular weight is 428 g/mol. The molecule has 1 atom stereocenters. The van der Waals surface area contributed by atoms with Gasteiger partial charge in [-0.1, -0.05) is 36.4 Å². The van der Waals surface area contributed by atoms with Gasteiger partial charge in [0.25, 0.3) is 0 Å². The summed E-state index contributed by atoms with van der Waals surface area (Å²) in [4.78, 5) is 13.4. The number of phosphoric acid groups is 1. The van der Waals surface area contributed by atoms with Gasteiger partial charge in [-0.15, -0.1) is 0 Å². The first kappa shape index (κ1) is 22.2. The summed E-state index contributed by atoms with van der Waals surface area (Å²) in [6.45, 7) is 3.62. The van der Waals surface area contributed by atoms with Gasteiger partial charge in [-0.25, -0.2) is 4.57 Å². The zero-order valence-electron chi connectivity index (χ0n) is 17.2. The number of Topliss-reactive ketones (excluding diaryl/α,β-unsaturated/α-hetero) is 1. The van der Waals surface area contributed by atoms with Gasteiger partial charge in [0, 0.05) is 5.56 Å². The second-order valence-electron chi connectivity index (χ2n) is 6.47. The van der Waals surface area contributed by atoms with Gasteiger partial charge in [-0.2, -0.15) is 0 Å². The number of hydrogen-bond donors (Lipinski definition) is 0. The van der Waals surface area contributed by atoms with Crippen molar-refractivity contribution >= 4 is 24.4 Å². The Hall–Kier alpha value is -2.50. The Morgan fingerprint density at radius 3 is 2.13 bits per heavy atom. The lowest BCUT2D eigenvalue weighted by Crippen LogP contribution is -2.17. The van der Waals surface area contributed by atoms with E-state index in [0.717, 1.165) is 10.8 Å². The molecule has 0 aliphatic carbocycles. The van der Waals surface area contributed by atoms with E-state index in [0.29, 0.717) is 16.9 Å². The first-order valence-corrected chi connectivity index (χ1v) is 11.2. The molecular weight excluding hydrogens is 403 g/mol. The summed E-state index contributed by atoms with van der Waals surface area (Å²) >= 11 is 0. The molecule has 30 heavy (non-hydrogen) atoms. The molecule has 0 saturated heterocycles. The van der Waals surface area contributed by atoms with Crippen LogP contribution in [0.5, 0.6) is 5.75 Å². The maximum absolute atomic E-state index is 13.4. The number of methoxy groups -OCH3 is 1. The molecule has 6 nitrogen and oxygen atoms in total. The minimum Gasteiger partial charge on any atom is -0.497 e. The Labute approximate surface area is 176 Å². The van der Waals surface area contributed by atoms with Crippen molar-refractivity contribution in [1.82, 2.24) is 0 Å². The number of carbonyl (C=O) groups excluding carboxylic acids is 1. The van der Waals surface area contributed by atoms with Gasteiger partial charge >= 0.3 is 7.82 Å². The summed E-state index contributed by atoms with van der Waals surface area (Å²) in [5.41, 5.74) is 0.961. The fourth-order valence-electron chi connectivity index (χ4n) is 3.08. The predicted molar refractivity (Wildman–Crippen MR) is 116 cm³/mol. The van der Waals surface area contributed by atoms with E-state index in [9.17, 15) is 9.36 Å². The first-order chi connectivity index (χ1) is 14.5. The van der Waals surface area contributed by atoms with Crippen LogP contribution in [0.25, 0.3) is 10.8 Å². The summed E-state index contributed by atoms with van der Waals surface area (Å²) in [5, 5.41) is 1.96. The van der Waals surface area contributed by atoms with E-state index < -0.39 is 13.9 Å². The molecule has 158 valence electrons. The van der Waals surface area contributed by atoms with Crippen molar-refractivity contribution in [2.24, 2.45) is 0 Å². The van der Waals surface area contributed by atoms with Crippen LogP contribution in [0.15, 0.2) is 66.7 Å². The summed E-state index contributed by atoms with van der Waals surface area (Å²) in [5.74, 6) is 0.275. The summed E-state index contributed by atoms with van der Waals surface area (Å²) in [6, 6.07) is 20.0. The van der Waals surface area contributed by atoms with E-state index in [1.807, 2.05) is 36.4 Å². The Balaban J connectivity index is 2.04. The fourth-order valence-corrected chi connectivity index (χ4v) is 4.39. The van der Waals surface area contributed by atoms with Crippen LogP contribution in [0.3, 0.4) is 0 Å². The van der Waals surface area contributed by atoms with E-state index in [1.165, 1.54) is 0 Å². The molecule has 0 heterocycles. The van der Waals surface area contributed by atoms with E-state index >= 15 is 0 Å². The first-order valence-electron chi connectivity index (χ1n) is 9.74. The van der Waals surface area contributed by atoms with Crippen LogP contribution >= 0.6 is 7.82 Å². The molecule has 0 spiro atoms. The Kier molecular flexibility index (Phi) is 7.40. The molecule has 7 heteroatoms. The highest BCUT2D eigenvalue weighted by atomic mass is 31.2. The van der Waals surface area contributed by atoms with Crippen LogP contribution in [0.1, 0.15) is 35.9 Å². The highest BCUT2D eigenvalue weighted by Gasteiger charge is 2.35. The highest BCUT2D eigenvalue weighted by molar-refractivity contribution is 7.48. The van der Waals surface area contributed by atoms with Gasteiger partial charge in [0.15, 0.2) is 11.9 Å². The molecule has 0 bridgehead atoms. The number of benzene rings is 3. The summed E-state index contributed by atoms with van der Waals surface area (Å²) < 4.78 is 34.5. The number of phosphoric ester groups is 1. The van der Waals surface area contributed by atoms with Crippen LogP contribution in [0, 0.1) is 0 Å². The SMILES string of the molecule is CCOP(=O)(OCC)OC(C(=O)c1ccc(OC)cc1)c1ccc2ccccc2c1. The Morgan fingerprint density at radius 1 is 0.900 bits per heavy atom. The van der Waals surface area contributed by atoms with Gasteiger partial charge in [0.2, 0.25) is 0 Å². The largest absolute Gasteiger partial charge is 0.497 e. The minimum atomic E-state index is -3.94. The Bertz CT molecular complexity index is 1040. The maximum Gasteiger partial charge on any atom is 0.475 e. The molecular formula is C23H25O6P. The third kappa shape index (κ3) is 5.15. The van der Waals surface area contributed by atoms with Crippen LogP contribution in [-0.4, -0.2) is 26.1 Å². The molecule has 1 unspecified atom stereocenters. The van der Waals surface area contributed by atoms with Gasteiger partial charge < -0.3 is 4.74 Å². The molecule has 3 aromatic rings. The van der Waals surface area contributed by atoms with Crippen molar-refractivity contribution in [2.75, 3.05) is 20.3 Å². The van der Waals surface area contributed by atoms with E-state index in [-0.39, 0.29) is 19.0 Å². The molecule has 0 radical (unpaired) electrons. The second-order valence-corrected chi connectivity index (χ2v) is 8.09. The van der Waals surface area contributed by atoms with Crippen molar-refractivity contribution in [3.05, 3.63) is 77.9 Å².